The molecule has 26 heavy (non-hydrogen) atoms. The second-order valence-corrected chi connectivity index (χ2v) is 7.64. The van der Waals surface area contributed by atoms with Crippen LogP contribution in [0.4, 0.5) is 5.69 Å². The summed E-state index contributed by atoms with van der Waals surface area (Å²) >= 11 is 0. The second-order valence-electron chi connectivity index (χ2n) is 7.64. The molecule has 0 radical (unpaired) electrons. The highest BCUT2D eigenvalue weighted by Gasteiger charge is 2.18. The molecule has 2 aromatic rings. The van der Waals surface area contributed by atoms with Crippen LogP contribution in [0.15, 0.2) is 24.3 Å². The molecule has 142 valence electrons. The number of carbonyl (C=O) groups is 1. The Labute approximate surface area is 157 Å². The fraction of sp³-hybridized carbons (Fsp3) is 0.524. The first-order chi connectivity index (χ1) is 12.2. The summed E-state index contributed by atoms with van der Waals surface area (Å²) in [7, 11) is 1.88. The Kier molecular flexibility index (Phi) is 6.59. The Bertz CT molecular complexity index is 744. The van der Waals surface area contributed by atoms with Crippen LogP contribution < -0.4 is 10.6 Å². The van der Waals surface area contributed by atoms with Gasteiger partial charge < -0.3 is 10.6 Å². The van der Waals surface area contributed by atoms with Gasteiger partial charge in [-0.15, -0.1) is 0 Å². The van der Waals surface area contributed by atoms with E-state index in [2.05, 4.69) is 67.7 Å². The van der Waals surface area contributed by atoms with Gasteiger partial charge in [-0.3, -0.25) is 9.48 Å². The van der Waals surface area contributed by atoms with Crippen LogP contribution in [0.1, 0.15) is 62.2 Å². The van der Waals surface area contributed by atoms with Crippen LogP contribution in [0.5, 0.6) is 0 Å². The predicted octanol–water partition coefficient (Wildman–Crippen LogP) is 4.09. The van der Waals surface area contributed by atoms with Crippen LogP contribution in [-0.2, 0) is 11.8 Å². The lowest BCUT2D eigenvalue weighted by atomic mass is 9.93. The van der Waals surface area contributed by atoms with E-state index in [1.807, 2.05) is 20.9 Å². The first-order valence-electron chi connectivity index (χ1n) is 9.34. The summed E-state index contributed by atoms with van der Waals surface area (Å²) < 4.78 is 1.78. The topological polar surface area (TPSA) is 59.0 Å². The average Bonchev–Trinajstić information content (AvgIpc) is 2.81. The van der Waals surface area contributed by atoms with E-state index in [-0.39, 0.29) is 18.5 Å². The summed E-state index contributed by atoms with van der Waals surface area (Å²) in [5.74, 6) is 0.856. The number of nitrogens with one attached hydrogen (secondary N) is 2. The summed E-state index contributed by atoms with van der Waals surface area (Å²) in [5, 5.41) is 10.7. The molecule has 0 unspecified atom stereocenters. The average molecular weight is 357 g/mol. The molecule has 1 aromatic heterocycles. The standard InChI is InChI=1S/C21H32N4O/c1-13(2)17-8-10-18(11-9-17)20(14(3)4)22-12-19(26)23-21-15(5)24-25(7)16(21)6/h8-11,13-14,20,22H,12H2,1-7H3,(H,23,26)/t20-/m1/s1. The number of aromatic nitrogens is 2. The van der Waals surface area contributed by atoms with E-state index in [0.717, 1.165) is 17.1 Å². The maximum atomic E-state index is 12.4. The van der Waals surface area contributed by atoms with Crippen LogP contribution in [-0.4, -0.2) is 22.2 Å². The molecule has 0 aliphatic heterocycles. The lowest BCUT2D eigenvalue weighted by Crippen LogP contribution is -2.33. The Balaban J connectivity index is 2.03. The lowest BCUT2D eigenvalue weighted by molar-refractivity contribution is -0.115. The van der Waals surface area contributed by atoms with Crippen LogP contribution in [0.25, 0.3) is 0 Å². The number of amides is 1. The van der Waals surface area contributed by atoms with E-state index >= 15 is 0 Å². The third-order valence-corrected chi connectivity index (χ3v) is 4.88. The Morgan fingerprint density at radius 1 is 1.08 bits per heavy atom. The van der Waals surface area contributed by atoms with Crippen LogP contribution >= 0.6 is 0 Å². The maximum absolute atomic E-state index is 12.4. The zero-order chi connectivity index (χ0) is 19.4. The molecule has 1 amide bonds. The molecule has 1 heterocycles. The van der Waals surface area contributed by atoms with Gasteiger partial charge >= 0.3 is 0 Å². The predicted molar refractivity (Wildman–Crippen MR) is 107 cm³/mol. The minimum Gasteiger partial charge on any atom is -0.322 e. The summed E-state index contributed by atoms with van der Waals surface area (Å²) in [4.78, 5) is 12.4. The maximum Gasteiger partial charge on any atom is 0.238 e. The van der Waals surface area contributed by atoms with Crippen molar-refractivity contribution in [2.45, 2.75) is 53.5 Å². The third kappa shape index (κ3) is 4.73. The number of rotatable bonds is 7. The fourth-order valence-electron chi connectivity index (χ4n) is 3.17. The van der Waals surface area contributed by atoms with E-state index in [9.17, 15) is 4.79 Å². The zero-order valence-electron chi connectivity index (χ0n) is 17.1. The minimum atomic E-state index is -0.0475. The molecular weight excluding hydrogens is 324 g/mol. The number of benzene rings is 1. The summed E-state index contributed by atoms with van der Waals surface area (Å²) in [5.41, 5.74) is 5.15. The van der Waals surface area contributed by atoms with Gasteiger partial charge in [0.25, 0.3) is 0 Å². The molecule has 0 spiro atoms. The monoisotopic (exact) mass is 356 g/mol. The molecule has 2 N–H and O–H groups in total. The fourth-order valence-corrected chi connectivity index (χ4v) is 3.17. The molecule has 5 heteroatoms. The first kappa shape index (κ1) is 20.2. The third-order valence-electron chi connectivity index (χ3n) is 4.88. The van der Waals surface area contributed by atoms with Crippen LogP contribution in [0, 0.1) is 19.8 Å². The van der Waals surface area contributed by atoms with Crippen LogP contribution in [0.2, 0.25) is 0 Å². The Morgan fingerprint density at radius 3 is 2.12 bits per heavy atom. The molecule has 2 rings (SSSR count). The molecule has 1 atom stereocenters. The van der Waals surface area contributed by atoms with E-state index < -0.39 is 0 Å². The summed E-state index contributed by atoms with van der Waals surface area (Å²) in [6.07, 6.45) is 0. The Hall–Kier alpha value is -2.14. The van der Waals surface area contributed by atoms with Gasteiger partial charge in [0, 0.05) is 13.1 Å². The highest BCUT2D eigenvalue weighted by Crippen LogP contribution is 2.24. The van der Waals surface area contributed by atoms with Crippen molar-refractivity contribution in [2.75, 3.05) is 11.9 Å². The van der Waals surface area contributed by atoms with Crippen molar-refractivity contribution in [3.05, 3.63) is 46.8 Å². The van der Waals surface area contributed by atoms with Crippen molar-refractivity contribution >= 4 is 11.6 Å². The molecule has 0 saturated carbocycles. The van der Waals surface area contributed by atoms with Gasteiger partial charge in [0.15, 0.2) is 0 Å². The second kappa shape index (κ2) is 8.49. The van der Waals surface area contributed by atoms with E-state index in [1.165, 1.54) is 11.1 Å². The number of anilines is 1. The number of hydrogen-bond donors (Lipinski definition) is 2. The zero-order valence-corrected chi connectivity index (χ0v) is 17.1. The number of aryl methyl sites for hydroxylation is 2. The molecule has 0 fully saturated rings. The summed E-state index contributed by atoms with van der Waals surface area (Å²) in [6.45, 7) is 12.9. The molecule has 0 aliphatic rings. The SMILES string of the molecule is Cc1nn(C)c(C)c1NC(=O)CN[C@@H](c1ccc(C(C)C)cc1)C(C)C. The van der Waals surface area contributed by atoms with Gasteiger partial charge in [0.1, 0.15) is 0 Å². The van der Waals surface area contributed by atoms with Gasteiger partial charge in [0.05, 0.1) is 23.6 Å². The van der Waals surface area contributed by atoms with E-state index in [1.54, 1.807) is 4.68 Å². The molecule has 5 nitrogen and oxygen atoms in total. The largest absolute Gasteiger partial charge is 0.322 e. The van der Waals surface area contributed by atoms with Crippen molar-refractivity contribution in [2.24, 2.45) is 13.0 Å². The molecule has 0 bridgehead atoms. The van der Waals surface area contributed by atoms with Crippen molar-refractivity contribution in [1.29, 1.82) is 0 Å². The van der Waals surface area contributed by atoms with Crippen molar-refractivity contribution in [3.8, 4) is 0 Å². The molecular formula is C21H32N4O. The van der Waals surface area contributed by atoms with E-state index in [0.29, 0.717) is 11.8 Å². The van der Waals surface area contributed by atoms with Gasteiger partial charge in [-0.25, -0.2) is 0 Å². The Morgan fingerprint density at radius 2 is 1.65 bits per heavy atom. The number of hydrogen-bond acceptors (Lipinski definition) is 3. The van der Waals surface area contributed by atoms with Crippen molar-refractivity contribution < 1.29 is 4.79 Å². The van der Waals surface area contributed by atoms with Crippen LogP contribution in [0.3, 0.4) is 0 Å². The highest BCUT2D eigenvalue weighted by molar-refractivity contribution is 5.93. The van der Waals surface area contributed by atoms with Crippen molar-refractivity contribution in [3.63, 3.8) is 0 Å². The lowest BCUT2D eigenvalue weighted by Gasteiger charge is -2.23. The summed E-state index contributed by atoms with van der Waals surface area (Å²) in [6, 6.07) is 8.83. The number of nitrogens with zero attached hydrogens (tertiary/aromatic N) is 2. The molecule has 0 aliphatic carbocycles. The van der Waals surface area contributed by atoms with Gasteiger partial charge in [-0.2, -0.15) is 5.10 Å². The first-order valence-corrected chi connectivity index (χ1v) is 9.34. The minimum absolute atomic E-state index is 0.0475. The van der Waals surface area contributed by atoms with Gasteiger partial charge in [-0.05, 0) is 36.8 Å². The van der Waals surface area contributed by atoms with Crippen molar-refractivity contribution in [1.82, 2.24) is 15.1 Å². The smallest absolute Gasteiger partial charge is 0.238 e. The normalized spacial score (nSPS) is 12.7. The van der Waals surface area contributed by atoms with E-state index in [4.69, 9.17) is 0 Å². The van der Waals surface area contributed by atoms with Gasteiger partial charge in [-0.1, -0.05) is 52.0 Å². The quantitative estimate of drug-likeness (QED) is 0.786. The van der Waals surface area contributed by atoms with Gasteiger partial charge in [0.2, 0.25) is 5.91 Å². The molecule has 1 aromatic carbocycles. The molecule has 0 saturated heterocycles. The number of carbonyl (C=O) groups excluding carboxylic acids is 1. The highest BCUT2D eigenvalue weighted by atomic mass is 16.1.